The summed E-state index contributed by atoms with van der Waals surface area (Å²) < 4.78 is 0. The van der Waals surface area contributed by atoms with E-state index in [0.29, 0.717) is 0 Å². The summed E-state index contributed by atoms with van der Waals surface area (Å²) in [5, 5.41) is 3.47. The molecule has 3 N–H and O–H groups in total. The van der Waals surface area contributed by atoms with Crippen LogP contribution in [-0.4, -0.2) is 6.54 Å². The van der Waals surface area contributed by atoms with E-state index in [1.165, 1.54) is 20.9 Å². The standard InChI is InChI=1S/C16H22N2S/c1-12-10-15(19-13(12)2)11-18-9-8-16(17)14-6-4-3-5-7-14/h3-7,10,16,18H,8-9,11,17H2,1-2H3. The Balaban J connectivity index is 1.72. The number of hydrogen-bond acceptors (Lipinski definition) is 3. The summed E-state index contributed by atoms with van der Waals surface area (Å²) in [6.45, 7) is 6.24. The van der Waals surface area contributed by atoms with Crippen molar-refractivity contribution >= 4 is 11.3 Å². The van der Waals surface area contributed by atoms with Crippen molar-refractivity contribution < 1.29 is 0 Å². The average molecular weight is 274 g/mol. The second-order valence-electron chi connectivity index (χ2n) is 4.93. The zero-order valence-corrected chi connectivity index (χ0v) is 12.5. The monoisotopic (exact) mass is 274 g/mol. The minimum atomic E-state index is 0.125. The van der Waals surface area contributed by atoms with Gasteiger partial charge in [0.15, 0.2) is 0 Å². The summed E-state index contributed by atoms with van der Waals surface area (Å²) in [6.07, 6.45) is 0.966. The quantitative estimate of drug-likeness (QED) is 0.791. The number of rotatable bonds is 6. The Bertz CT molecular complexity index is 485. The molecule has 1 heterocycles. The van der Waals surface area contributed by atoms with Crippen molar-refractivity contribution in [3.63, 3.8) is 0 Å². The largest absolute Gasteiger partial charge is 0.324 e. The summed E-state index contributed by atoms with van der Waals surface area (Å²) in [7, 11) is 0. The first-order valence-electron chi connectivity index (χ1n) is 6.74. The minimum Gasteiger partial charge on any atom is -0.324 e. The van der Waals surface area contributed by atoms with Gasteiger partial charge in [0.2, 0.25) is 0 Å². The lowest BCUT2D eigenvalue weighted by Gasteiger charge is -2.12. The van der Waals surface area contributed by atoms with Crippen molar-refractivity contribution in [2.24, 2.45) is 5.73 Å². The molecule has 1 aromatic carbocycles. The molecule has 0 fully saturated rings. The van der Waals surface area contributed by atoms with Gasteiger partial charge in [-0.2, -0.15) is 0 Å². The molecule has 102 valence electrons. The van der Waals surface area contributed by atoms with Gasteiger partial charge >= 0.3 is 0 Å². The van der Waals surface area contributed by atoms with Crippen molar-refractivity contribution in [3.8, 4) is 0 Å². The molecular formula is C16H22N2S. The van der Waals surface area contributed by atoms with E-state index in [1.807, 2.05) is 29.5 Å². The van der Waals surface area contributed by atoms with Crippen molar-refractivity contribution in [3.05, 3.63) is 57.3 Å². The van der Waals surface area contributed by atoms with Crippen molar-refractivity contribution in [2.45, 2.75) is 32.9 Å². The van der Waals surface area contributed by atoms with Gasteiger partial charge < -0.3 is 11.1 Å². The van der Waals surface area contributed by atoms with Gasteiger partial charge in [-0.15, -0.1) is 11.3 Å². The molecule has 3 heteroatoms. The summed E-state index contributed by atoms with van der Waals surface area (Å²) in [6, 6.07) is 12.7. The Labute approximate surface area is 119 Å². The van der Waals surface area contributed by atoms with E-state index >= 15 is 0 Å². The molecule has 0 aliphatic rings. The van der Waals surface area contributed by atoms with Crippen LogP contribution in [0.3, 0.4) is 0 Å². The maximum atomic E-state index is 6.17. The van der Waals surface area contributed by atoms with Crippen LogP contribution < -0.4 is 11.1 Å². The number of hydrogen-bond donors (Lipinski definition) is 2. The second-order valence-corrected chi connectivity index (χ2v) is 6.28. The third kappa shape index (κ3) is 4.16. The molecule has 0 bridgehead atoms. The van der Waals surface area contributed by atoms with E-state index in [9.17, 15) is 0 Å². The van der Waals surface area contributed by atoms with Gasteiger partial charge in [-0.25, -0.2) is 0 Å². The van der Waals surface area contributed by atoms with Crippen LogP contribution in [0.1, 0.15) is 33.3 Å². The first kappa shape index (κ1) is 14.3. The summed E-state index contributed by atoms with van der Waals surface area (Å²) >= 11 is 1.88. The minimum absolute atomic E-state index is 0.125. The Hall–Kier alpha value is -1.16. The fourth-order valence-electron chi connectivity index (χ4n) is 2.07. The molecule has 0 amide bonds. The molecule has 0 aliphatic carbocycles. The molecule has 2 rings (SSSR count). The van der Waals surface area contributed by atoms with Crippen LogP contribution in [0.5, 0.6) is 0 Å². The van der Waals surface area contributed by atoms with Crippen LogP contribution in [0.2, 0.25) is 0 Å². The van der Waals surface area contributed by atoms with Crippen LogP contribution in [-0.2, 0) is 6.54 Å². The van der Waals surface area contributed by atoms with Gasteiger partial charge in [0.1, 0.15) is 0 Å². The van der Waals surface area contributed by atoms with Gasteiger partial charge in [-0.05, 0) is 44.0 Å². The highest BCUT2D eigenvalue weighted by Gasteiger charge is 2.05. The Morgan fingerprint density at radius 2 is 1.95 bits per heavy atom. The fraction of sp³-hybridized carbons (Fsp3) is 0.375. The lowest BCUT2D eigenvalue weighted by molar-refractivity contribution is 0.582. The SMILES string of the molecule is Cc1cc(CNCCC(N)c2ccccc2)sc1C. The van der Waals surface area contributed by atoms with Crippen molar-refractivity contribution in [2.75, 3.05) is 6.54 Å². The van der Waals surface area contributed by atoms with Crippen LogP contribution >= 0.6 is 11.3 Å². The molecular weight excluding hydrogens is 252 g/mol. The average Bonchev–Trinajstić information content (AvgIpc) is 2.74. The third-order valence-corrected chi connectivity index (χ3v) is 4.53. The number of benzene rings is 1. The number of aryl methyl sites for hydroxylation is 2. The molecule has 2 nitrogen and oxygen atoms in total. The predicted molar refractivity (Wildman–Crippen MR) is 83.5 cm³/mol. The number of thiophene rings is 1. The molecule has 1 aromatic heterocycles. The van der Waals surface area contributed by atoms with E-state index in [1.54, 1.807) is 0 Å². The first-order chi connectivity index (χ1) is 9.16. The molecule has 0 aliphatic heterocycles. The van der Waals surface area contributed by atoms with E-state index in [4.69, 9.17) is 5.73 Å². The molecule has 1 atom stereocenters. The normalized spacial score (nSPS) is 12.6. The topological polar surface area (TPSA) is 38.0 Å². The van der Waals surface area contributed by atoms with Crippen LogP contribution in [0.15, 0.2) is 36.4 Å². The molecule has 0 radical (unpaired) electrons. The van der Waals surface area contributed by atoms with E-state index in [-0.39, 0.29) is 6.04 Å². The Morgan fingerprint density at radius 1 is 1.21 bits per heavy atom. The lowest BCUT2D eigenvalue weighted by atomic mass is 10.1. The maximum Gasteiger partial charge on any atom is 0.0306 e. The Kier molecular flexibility index (Phi) is 5.14. The highest BCUT2D eigenvalue weighted by Crippen LogP contribution is 2.20. The van der Waals surface area contributed by atoms with Gasteiger partial charge in [0.25, 0.3) is 0 Å². The van der Waals surface area contributed by atoms with E-state index in [2.05, 4.69) is 37.4 Å². The molecule has 1 unspecified atom stereocenters. The smallest absolute Gasteiger partial charge is 0.0306 e. The predicted octanol–water partition coefficient (Wildman–Crippen LogP) is 3.54. The van der Waals surface area contributed by atoms with Gasteiger partial charge in [-0.1, -0.05) is 30.3 Å². The van der Waals surface area contributed by atoms with Gasteiger partial charge in [0.05, 0.1) is 0 Å². The zero-order chi connectivity index (χ0) is 13.7. The summed E-state index contributed by atoms with van der Waals surface area (Å²) in [5.74, 6) is 0. The molecule has 2 aromatic rings. The number of nitrogens with one attached hydrogen (secondary N) is 1. The van der Waals surface area contributed by atoms with Gasteiger partial charge in [-0.3, -0.25) is 0 Å². The second kappa shape index (κ2) is 6.85. The van der Waals surface area contributed by atoms with Crippen molar-refractivity contribution in [1.29, 1.82) is 0 Å². The first-order valence-corrected chi connectivity index (χ1v) is 7.55. The van der Waals surface area contributed by atoms with Crippen molar-refractivity contribution in [1.82, 2.24) is 5.32 Å². The van der Waals surface area contributed by atoms with Crippen LogP contribution in [0, 0.1) is 13.8 Å². The fourth-order valence-corrected chi connectivity index (χ4v) is 3.10. The highest BCUT2D eigenvalue weighted by molar-refractivity contribution is 7.12. The maximum absolute atomic E-state index is 6.17. The molecule has 0 saturated carbocycles. The van der Waals surface area contributed by atoms with E-state index in [0.717, 1.165) is 19.5 Å². The van der Waals surface area contributed by atoms with Crippen LogP contribution in [0.4, 0.5) is 0 Å². The zero-order valence-electron chi connectivity index (χ0n) is 11.6. The molecule has 0 spiro atoms. The summed E-state index contributed by atoms with van der Waals surface area (Å²) in [5.41, 5.74) is 8.77. The van der Waals surface area contributed by atoms with Crippen LogP contribution in [0.25, 0.3) is 0 Å². The van der Waals surface area contributed by atoms with Gasteiger partial charge in [0, 0.05) is 22.3 Å². The third-order valence-electron chi connectivity index (χ3n) is 3.38. The Morgan fingerprint density at radius 3 is 2.58 bits per heavy atom. The number of nitrogens with two attached hydrogens (primary N) is 1. The lowest BCUT2D eigenvalue weighted by Crippen LogP contribution is -2.20. The van der Waals surface area contributed by atoms with E-state index < -0.39 is 0 Å². The molecule has 0 saturated heterocycles. The highest BCUT2D eigenvalue weighted by atomic mass is 32.1. The molecule has 19 heavy (non-hydrogen) atoms. The summed E-state index contributed by atoms with van der Waals surface area (Å²) in [4.78, 5) is 2.82.